The maximum atomic E-state index is 12.9. The van der Waals surface area contributed by atoms with E-state index in [1.165, 1.54) is 0 Å². The summed E-state index contributed by atoms with van der Waals surface area (Å²) in [7, 11) is 1.66. The molecule has 7 nitrogen and oxygen atoms in total. The van der Waals surface area contributed by atoms with Crippen molar-refractivity contribution in [3.63, 3.8) is 0 Å². The van der Waals surface area contributed by atoms with Crippen molar-refractivity contribution in [2.45, 2.75) is 45.6 Å². The summed E-state index contributed by atoms with van der Waals surface area (Å²) >= 11 is 0. The molecule has 5 rings (SSSR count). The van der Waals surface area contributed by atoms with Crippen LogP contribution in [0.3, 0.4) is 0 Å². The van der Waals surface area contributed by atoms with Crippen LogP contribution in [0.1, 0.15) is 48.5 Å². The van der Waals surface area contributed by atoms with Gasteiger partial charge in [-0.3, -0.25) is 9.48 Å². The maximum absolute atomic E-state index is 12.9. The molecule has 162 valence electrons. The summed E-state index contributed by atoms with van der Waals surface area (Å²) in [5, 5.41) is 7.19. The van der Waals surface area contributed by atoms with Gasteiger partial charge in [0.2, 0.25) is 5.88 Å². The first-order valence-corrected chi connectivity index (χ1v) is 10.9. The average molecular weight is 421 g/mol. The van der Waals surface area contributed by atoms with Gasteiger partial charge in [0.1, 0.15) is 0 Å². The van der Waals surface area contributed by atoms with E-state index in [4.69, 9.17) is 9.47 Å². The summed E-state index contributed by atoms with van der Waals surface area (Å²) in [6.45, 7) is 7.68. The fourth-order valence-electron chi connectivity index (χ4n) is 5.14. The molecule has 0 bridgehead atoms. The second-order valence-electron chi connectivity index (χ2n) is 8.76. The second kappa shape index (κ2) is 7.64. The van der Waals surface area contributed by atoms with Crippen LogP contribution in [0.25, 0.3) is 23.1 Å². The zero-order valence-corrected chi connectivity index (χ0v) is 18.4. The summed E-state index contributed by atoms with van der Waals surface area (Å²) < 4.78 is 13.3. The third kappa shape index (κ3) is 3.28. The molecule has 0 radical (unpaired) electrons. The Labute approximate surface area is 180 Å². The van der Waals surface area contributed by atoms with Crippen molar-refractivity contribution in [1.82, 2.24) is 19.7 Å². The maximum Gasteiger partial charge on any atom is 0.259 e. The molecule has 0 aromatic carbocycles. The first-order valence-electron chi connectivity index (χ1n) is 10.9. The number of aromatic amines is 1. The number of aryl methyl sites for hydroxylation is 2. The molecular weight excluding hydrogens is 392 g/mol. The summed E-state index contributed by atoms with van der Waals surface area (Å²) in [5.74, 6) is 1.08. The highest BCUT2D eigenvalue weighted by molar-refractivity contribution is 5.79. The van der Waals surface area contributed by atoms with E-state index in [0.29, 0.717) is 17.2 Å². The molecule has 3 atom stereocenters. The van der Waals surface area contributed by atoms with E-state index in [9.17, 15) is 4.79 Å². The van der Waals surface area contributed by atoms with Crippen LogP contribution in [0.15, 0.2) is 17.1 Å². The highest BCUT2D eigenvalue weighted by Crippen LogP contribution is 2.33. The largest absolute Gasteiger partial charge is 0.481 e. The Morgan fingerprint density at radius 1 is 1.32 bits per heavy atom. The number of nitrogens with one attached hydrogen (secondary N) is 1. The summed E-state index contributed by atoms with van der Waals surface area (Å²) in [5.41, 5.74) is 3.98. The Morgan fingerprint density at radius 3 is 2.94 bits per heavy atom. The number of hydrogen-bond donors (Lipinski definition) is 1. The van der Waals surface area contributed by atoms with Crippen molar-refractivity contribution in [2.75, 3.05) is 20.3 Å². The second-order valence-corrected chi connectivity index (χ2v) is 8.76. The van der Waals surface area contributed by atoms with Gasteiger partial charge in [0.05, 0.1) is 36.9 Å². The molecule has 1 aliphatic heterocycles. The topological polar surface area (TPSA) is 82.0 Å². The summed E-state index contributed by atoms with van der Waals surface area (Å²) in [6, 6.07) is 2.31. The Balaban J connectivity index is 1.70. The van der Waals surface area contributed by atoms with Crippen LogP contribution >= 0.6 is 0 Å². The Kier molecular flexibility index (Phi) is 4.93. The Morgan fingerprint density at radius 2 is 2.16 bits per heavy atom. The van der Waals surface area contributed by atoms with Gasteiger partial charge < -0.3 is 14.5 Å². The van der Waals surface area contributed by atoms with Crippen molar-refractivity contribution in [3.8, 4) is 5.88 Å². The third-order valence-electron chi connectivity index (χ3n) is 6.61. The molecule has 3 aromatic rings. The number of ether oxygens (including phenoxy) is 2. The molecule has 1 saturated heterocycles. The minimum absolute atomic E-state index is 0.0852. The Hall–Kier alpha value is -2.93. The smallest absolute Gasteiger partial charge is 0.259 e. The molecule has 0 amide bonds. The number of H-pyrrole nitrogens is 1. The molecule has 7 heteroatoms. The standard InChI is InChI=1S/C24H28N4O3/c1-13-9-15(3)26-24(30-4)21(13)16-5-6-17-19(10-16)27-23(29)18-11-25-28(22(17)18)20-7-8-31-12-14(20)2/h6,9-11,14,16,20H,5,7-8,12H2,1-4H3,(H,27,29)/t14-,16?,20-/m0/s1. The lowest BCUT2D eigenvalue weighted by Crippen LogP contribution is -2.39. The fourth-order valence-corrected chi connectivity index (χ4v) is 5.14. The lowest BCUT2D eigenvalue weighted by molar-refractivity contribution is 0.0263. The lowest BCUT2D eigenvalue weighted by atomic mass is 9.89. The number of hydrogen-bond acceptors (Lipinski definition) is 5. The molecular formula is C24H28N4O3. The number of rotatable bonds is 3. The first-order chi connectivity index (χ1) is 15.0. The van der Waals surface area contributed by atoms with Gasteiger partial charge in [0.15, 0.2) is 0 Å². The van der Waals surface area contributed by atoms with Crippen LogP contribution in [0.2, 0.25) is 0 Å². The van der Waals surface area contributed by atoms with E-state index in [1.807, 2.05) is 6.92 Å². The molecule has 1 fully saturated rings. The van der Waals surface area contributed by atoms with E-state index in [1.54, 1.807) is 13.3 Å². The van der Waals surface area contributed by atoms with Crippen LogP contribution < -0.4 is 20.9 Å². The zero-order valence-electron chi connectivity index (χ0n) is 18.4. The molecule has 1 N–H and O–H groups in total. The van der Waals surface area contributed by atoms with E-state index < -0.39 is 0 Å². The normalized spacial score (nSPS) is 23.2. The van der Waals surface area contributed by atoms with Crippen molar-refractivity contribution in [1.29, 1.82) is 0 Å². The van der Waals surface area contributed by atoms with Gasteiger partial charge in [-0.2, -0.15) is 5.10 Å². The third-order valence-corrected chi connectivity index (χ3v) is 6.61. The predicted molar refractivity (Wildman–Crippen MR) is 120 cm³/mol. The van der Waals surface area contributed by atoms with Crippen molar-refractivity contribution in [2.24, 2.45) is 5.92 Å². The van der Waals surface area contributed by atoms with Crippen LogP contribution in [0.5, 0.6) is 5.88 Å². The first kappa shape index (κ1) is 20.0. The molecule has 1 unspecified atom stereocenters. The van der Waals surface area contributed by atoms with Gasteiger partial charge in [-0.15, -0.1) is 0 Å². The molecule has 2 aliphatic rings. The fraction of sp³-hybridized carbons (Fsp3) is 0.458. The quantitative estimate of drug-likeness (QED) is 0.702. The number of pyridine rings is 2. The van der Waals surface area contributed by atoms with Crippen molar-refractivity contribution < 1.29 is 9.47 Å². The molecule has 0 spiro atoms. The highest BCUT2D eigenvalue weighted by atomic mass is 16.5. The molecule has 4 heterocycles. The van der Waals surface area contributed by atoms with Crippen LogP contribution in [-0.4, -0.2) is 40.1 Å². The van der Waals surface area contributed by atoms with Gasteiger partial charge in [0, 0.05) is 40.3 Å². The number of nitrogens with zero attached hydrogens (tertiary/aromatic N) is 3. The lowest BCUT2D eigenvalue weighted by Gasteiger charge is -2.29. The van der Waals surface area contributed by atoms with Gasteiger partial charge >= 0.3 is 0 Å². The molecule has 0 saturated carbocycles. The summed E-state index contributed by atoms with van der Waals surface area (Å²) in [6.07, 6.45) is 7.78. The van der Waals surface area contributed by atoms with Gasteiger partial charge in [-0.05, 0) is 38.3 Å². The van der Waals surface area contributed by atoms with Crippen LogP contribution in [0, 0.1) is 19.8 Å². The number of aromatic nitrogens is 4. The van der Waals surface area contributed by atoms with Crippen LogP contribution in [-0.2, 0) is 4.74 Å². The van der Waals surface area contributed by atoms with E-state index in [2.05, 4.69) is 51.8 Å². The van der Waals surface area contributed by atoms with E-state index >= 15 is 0 Å². The minimum atomic E-state index is -0.101. The van der Waals surface area contributed by atoms with Crippen molar-refractivity contribution >= 4 is 23.1 Å². The molecule has 31 heavy (non-hydrogen) atoms. The van der Waals surface area contributed by atoms with Crippen molar-refractivity contribution in [3.05, 3.63) is 50.0 Å². The number of methoxy groups -OCH3 is 1. The summed E-state index contributed by atoms with van der Waals surface area (Å²) in [4.78, 5) is 20.6. The zero-order chi connectivity index (χ0) is 21.7. The van der Waals surface area contributed by atoms with Crippen LogP contribution in [0.4, 0.5) is 0 Å². The van der Waals surface area contributed by atoms with E-state index in [0.717, 1.165) is 59.0 Å². The number of fused-ring (bicyclic) bond motifs is 3. The van der Waals surface area contributed by atoms with Gasteiger partial charge in [-0.1, -0.05) is 19.1 Å². The highest BCUT2D eigenvalue weighted by Gasteiger charge is 2.27. The van der Waals surface area contributed by atoms with E-state index in [-0.39, 0.29) is 17.5 Å². The van der Waals surface area contributed by atoms with Gasteiger partial charge in [0.25, 0.3) is 5.56 Å². The predicted octanol–water partition coefficient (Wildman–Crippen LogP) is 2.09. The minimum Gasteiger partial charge on any atom is -0.481 e. The average Bonchev–Trinajstić information content (AvgIpc) is 3.19. The molecule has 1 aliphatic carbocycles. The SMILES string of the molecule is COc1nc(C)cc(C)c1C1C=c2[nH]c(=O)c3cnn([C@H]4CCOC[C@@H]4C)c3c2=CC1. The Bertz CT molecular complexity index is 1340. The van der Waals surface area contributed by atoms with Gasteiger partial charge in [-0.25, -0.2) is 4.98 Å². The molecule has 3 aromatic heterocycles. The monoisotopic (exact) mass is 420 g/mol.